The first-order valence-electron chi connectivity index (χ1n) is 5.25. The normalized spacial score (nSPS) is 15.6. The highest BCUT2D eigenvalue weighted by atomic mass is 16.5. The number of aromatic carboxylic acids is 1. The Morgan fingerprint density at radius 2 is 2.00 bits per heavy atom. The number of carbonyl (C=O) groups is 2. The van der Waals surface area contributed by atoms with Crippen LogP contribution in [0.1, 0.15) is 20.8 Å². The van der Waals surface area contributed by atoms with Gasteiger partial charge in [0.15, 0.2) is 0 Å². The highest BCUT2D eigenvalue weighted by Crippen LogP contribution is 2.06. The predicted molar refractivity (Wildman–Crippen MR) is 57.9 cm³/mol. The number of morpholine rings is 1. The molecule has 6 heteroatoms. The zero-order chi connectivity index (χ0) is 12.3. The molecule has 1 N–H and O–H groups in total. The van der Waals surface area contributed by atoms with E-state index in [2.05, 4.69) is 4.98 Å². The first-order valence-corrected chi connectivity index (χ1v) is 5.25. The Morgan fingerprint density at radius 3 is 2.53 bits per heavy atom. The van der Waals surface area contributed by atoms with Crippen LogP contribution >= 0.6 is 0 Å². The maximum Gasteiger partial charge on any atom is 0.337 e. The SMILES string of the molecule is O=C(O)c1ccc(C(=O)N2CCOCC2)nc1. The number of hydrogen-bond donors (Lipinski definition) is 1. The number of aromatic nitrogens is 1. The Balaban J connectivity index is 2.10. The van der Waals surface area contributed by atoms with E-state index < -0.39 is 5.97 Å². The molecule has 0 bridgehead atoms. The van der Waals surface area contributed by atoms with Crippen molar-refractivity contribution in [2.45, 2.75) is 0 Å². The van der Waals surface area contributed by atoms with Crippen molar-refractivity contribution in [2.24, 2.45) is 0 Å². The molecule has 1 fully saturated rings. The van der Waals surface area contributed by atoms with Gasteiger partial charge in [0.05, 0.1) is 18.8 Å². The Morgan fingerprint density at radius 1 is 1.29 bits per heavy atom. The third-order valence-corrected chi connectivity index (χ3v) is 2.53. The summed E-state index contributed by atoms with van der Waals surface area (Å²) in [5, 5.41) is 8.71. The van der Waals surface area contributed by atoms with Gasteiger partial charge in [0.2, 0.25) is 0 Å². The molecule has 1 saturated heterocycles. The lowest BCUT2D eigenvalue weighted by atomic mass is 10.2. The predicted octanol–water partition coefficient (Wildman–Crippen LogP) is 0.252. The summed E-state index contributed by atoms with van der Waals surface area (Å²) in [6, 6.07) is 2.81. The van der Waals surface area contributed by atoms with E-state index in [0.717, 1.165) is 0 Å². The first kappa shape index (κ1) is 11.5. The van der Waals surface area contributed by atoms with E-state index in [1.165, 1.54) is 18.3 Å². The molecule has 17 heavy (non-hydrogen) atoms. The molecule has 6 nitrogen and oxygen atoms in total. The number of amides is 1. The molecule has 2 heterocycles. The van der Waals surface area contributed by atoms with E-state index in [1.807, 2.05) is 0 Å². The molecule has 1 aromatic heterocycles. The van der Waals surface area contributed by atoms with E-state index in [0.29, 0.717) is 26.3 Å². The molecular weight excluding hydrogens is 224 g/mol. The van der Waals surface area contributed by atoms with Gasteiger partial charge in [-0.1, -0.05) is 0 Å². The molecule has 90 valence electrons. The maximum atomic E-state index is 11.9. The summed E-state index contributed by atoms with van der Waals surface area (Å²) in [4.78, 5) is 28.1. The fourth-order valence-electron chi connectivity index (χ4n) is 1.58. The number of carbonyl (C=O) groups excluding carboxylic acids is 1. The summed E-state index contributed by atoms with van der Waals surface area (Å²) in [5.74, 6) is -1.24. The number of nitrogens with zero attached hydrogens (tertiary/aromatic N) is 2. The van der Waals surface area contributed by atoms with Crippen molar-refractivity contribution < 1.29 is 19.4 Å². The minimum atomic E-state index is -1.05. The van der Waals surface area contributed by atoms with Crippen molar-refractivity contribution in [3.63, 3.8) is 0 Å². The van der Waals surface area contributed by atoms with Gasteiger partial charge in [-0.25, -0.2) is 4.79 Å². The lowest BCUT2D eigenvalue weighted by Gasteiger charge is -2.26. The number of pyridine rings is 1. The second-order valence-electron chi connectivity index (χ2n) is 3.64. The van der Waals surface area contributed by atoms with Gasteiger partial charge in [-0.15, -0.1) is 0 Å². The van der Waals surface area contributed by atoms with Gasteiger partial charge in [-0.05, 0) is 12.1 Å². The van der Waals surface area contributed by atoms with Gasteiger partial charge in [0, 0.05) is 19.3 Å². The summed E-state index contributed by atoms with van der Waals surface area (Å²) < 4.78 is 5.14. The summed E-state index contributed by atoms with van der Waals surface area (Å²) in [6.45, 7) is 2.14. The summed E-state index contributed by atoms with van der Waals surface area (Å²) in [6.07, 6.45) is 1.19. The number of ether oxygens (including phenoxy) is 1. The van der Waals surface area contributed by atoms with E-state index in [4.69, 9.17) is 9.84 Å². The molecule has 1 aliphatic heterocycles. The van der Waals surface area contributed by atoms with Crippen LogP contribution < -0.4 is 0 Å². The zero-order valence-electron chi connectivity index (χ0n) is 9.13. The van der Waals surface area contributed by atoms with Crippen molar-refractivity contribution in [1.82, 2.24) is 9.88 Å². The Hall–Kier alpha value is -1.95. The van der Waals surface area contributed by atoms with Crippen LogP contribution in [0.15, 0.2) is 18.3 Å². The van der Waals surface area contributed by atoms with Crippen LogP contribution in [0.2, 0.25) is 0 Å². The molecule has 0 saturated carbocycles. The second kappa shape index (κ2) is 4.92. The van der Waals surface area contributed by atoms with Crippen LogP contribution in [0.3, 0.4) is 0 Å². The molecule has 1 aromatic rings. The van der Waals surface area contributed by atoms with Crippen LogP contribution in [0.5, 0.6) is 0 Å². The van der Waals surface area contributed by atoms with Crippen molar-refractivity contribution in [3.8, 4) is 0 Å². The van der Waals surface area contributed by atoms with Crippen molar-refractivity contribution in [1.29, 1.82) is 0 Å². The van der Waals surface area contributed by atoms with E-state index >= 15 is 0 Å². The highest BCUT2D eigenvalue weighted by molar-refractivity contribution is 5.93. The van der Waals surface area contributed by atoms with Gasteiger partial charge in [-0.3, -0.25) is 9.78 Å². The van der Waals surface area contributed by atoms with Crippen LogP contribution in [-0.2, 0) is 4.74 Å². The van der Waals surface area contributed by atoms with Crippen molar-refractivity contribution >= 4 is 11.9 Å². The topological polar surface area (TPSA) is 79.7 Å². The molecule has 1 aliphatic rings. The molecule has 2 rings (SSSR count). The summed E-state index contributed by atoms with van der Waals surface area (Å²) in [7, 11) is 0. The summed E-state index contributed by atoms with van der Waals surface area (Å²) in [5.41, 5.74) is 0.334. The van der Waals surface area contributed by atoms with Crippen LogP contribution in [-0.4, -0.2) is 53.2 Å². The van der Waals surface area contributed by atoms with Crippen LogP contribution in [0, 0.1) is 0 Å². The molecular formula is C11H12N2O4. The first-order chi connectivity index (χ1) is 8.18. The zero-order valence-corrected chi connectivity index (χ0v) is 9.13. The maximum absolute atomic E-state index is 11.9. The van der Waals surface area contributed by atoms with E-state index in [-0.39, 0.29) is 17.2 Å². The lowest BCUT2D eigenvalue weighted by Crippen LogP contribution is -2.41. The van der Waals surface area contributed by atoms with Gasteiger partial charge >= 0.3 is 5.97 Å². The smallest absolute Gasteiger partial charge is 0.337 e. The van der Waals surface area contributed by atoms with Gasteiger partial charge < -0.3 is 14.7 Å². The quantitative estimate of drug-likeness (QED) is 0.796. The fourth-order valence-corrected chi connectivity index (χ4v) is 1.58. The van der Waals surface area contributed by atoms with Gasteiger partial charge in [0.1, 0.15) is 5.69 Å². The van der Waals surface area contributed by atoms with Crippen LogP contribution in [0.25, 0.3) is 0 Å². The molecule has 0 atom stereocenters. The van der Waals surface area contributed by atoms with Crippen molar-refractivity contribution in [3.05, 3.63) is 29.6 Å². The largest absolute Gasteiger partial charge is 0.478 e. The van der Waals surface area contributed by atoms with Crippen molar-refractivity contribution in [2.75, 3.05) is 26.3 Å². The summed E-state index contributed by atoms with van der Waals surface area (Å²) >= 11 is 0. The molecule has 1 amide bonds. The van der Waals surface area contributed by atoms with Crippen LogP contribution in [0.4, 0.5) is 0 Å². The molecule has 0 spiro atoms. The Labute approximate surface area is 97.8 Å². The lowest BCUT2D eigenvalue weighted by molar-refractivity contribution is 0.0299. The fraction of sp³-hybridized carbons (Fsp3) is 0.364. The minimum absolute atomic E-state index is 0.0727. The van der Waals surface area contributed by atoms with E-state index in [1.54, 1.807) is 4.90 Å². The van der Waals surface area contributed by atoms with Gasteiger partial charge in [0.25, 0.3) is 5.91 Å². The van der Waals surface area contributed by atoms with Gasteiger partial charge in [-0.2, -0.15) is 0 Å². The minimum Gasteiger partial charge on any atom is -0.478 e. The third-order valence-electron chi connectivity index (χ3n) is 2.53. The average molecular weight is 236 g/mol. The monoisotopic (exact) mass is 236 g/mol. The van der Waals surface area contributed by atoms with E-state index in [9.17, 15) is 9.59 Å². The molecule has 0 aliphatic carbocycles. The second-order valence-corrected chi connectivity index (χ2v) is 3.64. The molecule has 0 unspecified atom stereocenters. The third kappa shape index (κ3) is 2.59. The number of carboxylic acids is 1. The Bertz CT molecular complexity index is 424. The highest BCUT2D eigenvalue weighted by Gasteiger charge is 2.19. The molecule has 0 aromatic carbocycles. The Kier molecular flexibility index (Phi) is 3.34. The molecule has 0 radical (unpaired) electrons. The number of carboxylic acid groups (broad SMARTS) is 1. The number of rotatable bonds is 2. The number of hydrogen-bond acceptors (Lipinski definition) is 4. The standard InChI is InChI=1S/C11H12N2O4/c14-10(13-3-5-17-6-4-13)9-2-1-8(7-12-9)11(15)16/h1-2,7H,3-6H2,(H,15,16). The average Bonchev–Trinajstić information content (AvgIpc) is 2.39.